The molecular weight excluding hydrogens is 190 g/mol. The van der Waals surface area contributed by atoms with E-state index in [1.807, 2.05) is 37.2 Å². The van der Waals surface area contributed by atoms with Crippen molar-refractivity contribution in [3.63, 3.8) is 0 Å². The number of methoxy groups -OCH3 is 1. The van der Waals surface area contributed by atoms with Gasteiger partial charge < -0.3 is 14.4 Å². The Bertz CT molecular complexity index is 345. The fraction of sp³-hybridized carbons (Fsp3) is 0.500. The molecule has 1 saturated carbocycles. The van der Waals surface area contributed by atoms with Crippen molar-refractivity contribution in [3.8, 4) is 11.5 Å². The van der Waals surface area contributed by atoms with E-state index in [2.05, 4.69) is 0 Å². The minimum atomic E-state index is 0.407. The predicted octanol–water partition coefficient (Wildman–Crippen LogP) is 2.30. The van der Waals surface area contributed by atoms with Crippen LogP contribution in [0.25, 0.3) is 0 Å². The van der Waals surface area contributed by atoms with E-state index in [-0.39, 0.29) is 0 Å². The molecule has 3 heteroatoms. The van der Waals surface area contributed by atoms with Crippen molar-refractivity contribution >= 4 is 5.69 Å². The predicted molar refractivity (Wildman–Crippen MR) is 61.0 cm³/mol. The molecule has 0 aliphatic heterocycles. The number of benzene rings is 1. The molecule has 1 fully saturated rings. The Labute approximate surface area is 90.6 Å². The molecule has 1 aliphatic carbocycles. The van der Waals surface area contributed by atoms with E-state index in [1.165, 1.54) is 12.8 Å². The van der Waals surface area contributed by atoms with Crippen molar-refractivity contribution in [2.75, 3.05) is 26.1 Å². The summed E-state index contributed by atoms with van der Waals surface area (Å²) in [4.78, 5) is 2.05. The standard InChI is InChI=1S/C12H17NO2/c1-13(2)9-4-7-11(12(8-9)14-3)15-10-5-6-10/h4,7-8,10H,5-6H2,1-3H3. The van der Waals surface area contributed by atoms with Crippen molar-refractivity contribution in [1.29, 1.82) is 0 Å². The topological polar surface area (TPSA) is 21.7 Å². The quantitative estimate of drug-likeness (QED) is 0.756. The number of rotatable bonds is 4. The zero-order valence-corrected chi connectivity index (χ0v) is 9.49. The van der Waals surface area contributed by atoms with E-state index in [4.69, 9.17) is 9.47 Å². The van der Waals surface area contributed by atoms with Crippen LogP contribution in [0.4, 0.5) is 5.69 Å². The lowest BCUT2D eigenvalue weighted by Crippen LogP contribution is -2.09. The highest BCUT2D eigenvalue weighted by atomic mass is 16.5. The first-order chi connectivity index (χ1) is 7.20. The second-order valence-corrected chi connectivity index (χ2v) is 4.05. The number of hydrogen-bond acceptors (Lipinski definition) is 3. The molecule has 1 aromatic carbocycles. The Kier molecular flexibility index (Phi) is 2.71. The molecule has 0 aromatic heterocycles. The normalized spacial score (nSPS) is 14.9. The van der Waals surface area contributed by atoms with Crippen LogP contribution in [0, 0.1) is 0 Å². The number of hydrogen-bond donors (Lipinski definition) is 0. The maximum Gasteiger partial charge on any atom is 0.162 e. The SMILES string of the molecule is COc1cc(N(C)C)ccc1OC1CC1. The molecule has 15 heavy (non-hydrogen) atoms. The Morgan fingerprint density at radius 1 is 1.20 bits per heavy atom. The lowest BCUT2D eigenvalue weighted by Gasteiger charge is -2.16. The van der Waals surface area contributed by atoms with Gasteiger partial charge in [-0.1, -0.05) is 0 Å². The van der Waals surface area contributed by atoms with E-state index < -0.39 is 0 Å². The summed E-state index contributed by atoms with van der Waals surface area (Å²) in [6.45, 7) is 0. The van der Waals surface area contributed by atoms with Gasteiger partial charge in [0.1, 0.15) is 0 Å². The Hall–Kier alpha value is -1.38. The molecule has 0 atom stereocenters. The largest absolute Gasteiger partial charge is 0.493 e. The maximum atomic E-state index is 5.74. The second-order valence-electron chi connectivity index (χ2n) is 4.05. The summed E-state index contributed by atoms with van der Waals surface area (Å²) >= 11 is 0. The lowest BCUT2D eigenvalue weighted by molar-refractivity contribution is 0.282. The summed E-state index contributed by atoms with van der Waals surface area (Å²) in [5.41, 5.74) is 1.12. The summed E-state index contributed by atoms with van der Waals surface area (Å²) in [7, 11) is 5.70. The fourth-order valence-corrected chi connectivity index (χ4v) is 1.40. The number of nitrogens with zero attached hydrogens (tertiary/aromatic N) is 1. The van der Waals surface area contributed by atoms with Crippen LogP contribution in [0.2, 0.25) is 0 Å². The Balaban J connectivity index is 2.21. The third-order valence-corrected chi connectivity index (χ3v) is 2.48. The first-order valence-corrected chi connectivity index (χ1v) is 5.22. The average Bonchev–Trinajstić information content (AvgIpc) is 3.02. The molecular formula is C12H17NO2. The third-order valence-electron chi connectivity index (χ3n) is 2.48. The number of anilines is 1. The van der Waals surface area contributed by atoms with E-state index in [1.54, 1.807) is 7.11 Å². The fourth-order valence-electron chi connectivity index (χ4n) is 1.40. The molecule has 3 nitrogen and oxygen atoms in total. The van der Waals surface area contributed by atoms with Gasteiger partial charge in [0, 0.05) is 25.8 Å². The molecule has 2 rings (SSSR count). The summed E-state index contributed by atoms with van der Waals surface area (Å²) < 4.78 is 11.1. The molecule has 0 radical (unpaired) electrons. The molecule has 1 aromatic rings. The van der Waals surface area contributed by atoms with Crippen molar-refractivity contribution in [2.45, 2.75) is 18.9 Å². The minimum Gasteiger partial charge on any atom is -0.493 e. The van der Waals surface area contributed by atoms with Crippen LogP contribution >= 0.6 is 0 Å². The summed E-state index contributed by atoms with van der Waals surface area (Å²) in [5, 5.41) is 0. The van der Waals surface area contributed by atoms with Crippen LogP contribution in [0.1, 0.15) is 12.8 Å². The zero-order valence-electron chi connectivity index (χ0n) is 9.49. The van der Waals surface area contributed by atoms with E-state index in [0.29, 0.717) is 6.10 Å². The maximum absolute atomic E-state index is 5.74. The molecule has 0 unspecified atom stereocenters. The van der Waals surface area contributed by atoms with Crippen molar-refractivity contribution in [1.82, 2.24) is 0 Å². The minimum absolute atomic E-state index is 0.407. The van der Waals surface area contributed by atoms with Crippen LogP contribution in [-0.2, 0) is 0 Å². The molecule has 1 aliphatic rings. The molecule has 0 N–H and O–H groups in total. The molecule has 0 saturated heterocycles. The lowest BCUT2D eigenvalue weighted by atomic mass is 10.2. The van der Waals surface area contributed by atoms with Crippen LogP contribution in [0.15, 0.2) is 18.2 Å². The van der Waals surface area contributed by atoms with Gasteiger partial charge in [0.15, 0.2) is 11.5 Å². The van der Waals surface area contributed by atoms with Crippen LogP contribution in [-0.4, -0.2) is 27.3 Å². The zero-order chi connectivity index (χ0) is 10.8. The smallest absolute Gasteiger partial charge is 0.162 e. The van der Waals surface area contributed by atoms with Gasteiger partial charge in [-0.05, 0) is 25.0 Å². The van der Waals surface area contributed by atoms with Gasteiger partial charge in [-0.2, -0.15) is 0 Å². The van der Waals surface area contributed by atoms with Crippen LogP contribution in [0.5, 0.6) is 11.5 Å². The molecule has 0 amide bonds. The van der Waals surface area contributed by atoms with Crippen LogP contribution in [0.3, 0.4) is 0 Å². The summed E-state index contributed by atoms with van der Waals surface area (Å²) in [6, 6.07) is 6.02. The average molecular weight is 207 g/mol. The van der Waals surface area contributed by atoms with Crippen molar-refractivity contribution in [3.05, 3.63) is 18.2 Å². The molecule has 82 valence electrons. The van der Waals surface area contributed by atoms with Crippen molar-refractivity contribution < 1.29 is 9.47 Å². The summed E-state index contributed by atoms with van der Waals surface area (Å²) in [5.74, 6) is 1.67. The monoisotopic (exact) mass is 207 g/mol. The van der Waals surface area contributed by atoms with Gasteiger partial charge in [0.05, 0.1) is 13.2 Å². The van der Waals surface area contributed by atoms with Gasteiger partial charge in [-0.25, -0.2) is 0 Å². The molecule has 0 bridgehead atoms. The number of ether oxygens (including phenoxy) is 2. The Morgan fingerprint density at radius 3 is 2.47 bits per heavy atom. The molecule has 0 spiro atoms. The molecule has 0 heterocycles. The van der Waals surface area contributed by atoms with E-state index in [0.717, 1.165) is 17.2 Å². The first kappa shape index (κ1) is 10.1. The second kappa shape index (κ2) is 4.01. The highest BCUT2D eigenvalue weighted by Crippen LogP contribution is 2.35. The Morgan fingerprint density at radius 2 is 1.93 bits per heavy atom. The third kappa shape index (κ3) is 2.35. The van der Waals surface area contributed by atoms with Gasteiger partial charge in [-0.3, -0.25) is 0 Å². The van der Waals surface area contributed by atoms with Gasteiger partial charge in [-0.15, -0.1) is 0 Å². The van der Waals surface area contributed by atoms with Gasteiger partial charge >= 0.3 is 0 Å². The highest BCUT2D eigenvalue weighted by Gasteiger charge is 2.24. The first-order valence-electron chi connectivity index (χ1n) is 5.22. The highest BCUT2D eigenvalue weighted by molar-refractivity contribution is 5.55. The van der Waals surface area contributed by atoms with Gasteiger partial charge in [0.25, 0.3) is 0 Å². The van der Waals surface area contributed by atoms with Gasteiger partial charge in [0.2, 0.25) is 0 Å². The summed E-state index contributed by atoms with van der Waals surface area (Å²) in [6.07, 6.45) is 2.74. The van der Waals surface area contributed by atoms with E-state index in [9.17, 15) is 0 Å². The van der Waals surface area contributed by atoms with Crippen LogP contribution < -0.4 is 14.4 Å². The van der Waals surface area contributed by atoms with E-state index >= 15 is 0 Å². The van der Waals surface area contributed by atoms with Crippen molar-refractivity contribution in [2.24, 2.45) is 0 Å².